The van der Waals surface area contributed by atoms with Gasteiger partial charge in [-0.3, -0.25) is 0 Å². The average Bonchev–Trinajstić information content (AvgIpc) is 2.68. The van der Waals surface area contributed by atoms with Crippen molar-refractivity contribution in [1.29, 1.82) is 0 Å². The average molecular weight is 332 g/mol. The molecule has 0 radical (unpaired) electrons. The lowest BCUT2D eigenvalue weighted by molar-refractivity contribution is 0.995. The SMILES string of the molecule is CN/C(C)=C/[P+](c1ccccc1)(c1ccccc1)c1ccccc1. The van der Waals surface area contributed by atoms with Crippen molar-refractivity contribution in [1.82, 2.24) is 5.32 Å². The molecule has 3 rings (SSSR count). The first kappa shape index (κ1) is 16.5. The van der Waals surface area contributed by atoms with Crippen LogP contribution in [0.3, 0.4) is 0 Å². The minimum atomic E-state index is -1.85. The van der Waals surface area contributed by atoms with Gasteiger partial charge >= 0.3 is 0 Å². The number of benzene rings is 3. The minimum Gasteiger partial charge on any atom is -0.389 e. The molecule has 0 bridgehead atoms. The smallest absolute Gasteiger partial charge is 0.138 e. The van der Waals surface area contributed by atoms with Crippen molar-refractivity contribution in [2.45, 2.75) is 6.92 Å². The lowest BCUT2D eigenvalue weighted by Gasteiger charge is -2.24. The zero-order chi connectivity index (χ0) is 16.8. The molecule has 0 spiro atoms. The zero-order valence-corrected chi connectivity index (χ0v) is 15.1. The molecule has 0 aliphatic rings. The van der Waals surface area contributed by atoms with Crippen molar-refractivity contribution < 1.29 is 0 Å². The Bertz CT molecular complexity index is 698. The van der Waals surface area contributed by atoms with E-state index in [0.29, 0.717) is 0 Å². The second kappa shape index (κ2) is 7.47. The van der Waals surface area contributed by atoms with Crippen molar-refractivity contribution in [3.63, 3.8) is 0 Å². The van der Waals surface area contributed by atoms with Gasteiger partial charge in [0.2, 0.25) is 0 Å². The number of rotatable bonds is 5. The van der Waals surface area contributed by atoms with Crippen molar-refractivity contribution in [2.75, 3.05) is 7.05 Å². The highest BCUT2D eigenvalue weighted by Crippen LogP contribution is 2.57. The molecule has 3 aromatic carbocycles. The fourth-order valence-corrected chi connectivity index (χ4v) is 6.99. The lowest BCUT2D eigenvalue weighted by Crippen LogP contribution is -2.30. The molecular formula is C22H23NP+. The van der Waals surface area contributed by atoms with Crippen LogP contribution in [0.1, 0.15) is 6.92 Å². The third-order valence-electron chi connectivity index (χ3n) is 4.27. The molecular weight excluding hydrogens is 309 g/mol. The van der Waals surface area contributed by atoms with E-state index < -0.39 is 7.26 Å². The van der Waals surface area contributed by atoms with Crippen molar-refractivity contribution >= 4 is 23.2 Å². The second-order valence-corrected chi connectivity index (χ2v) is 9.04. The minimum absolute atomic E-state index is 1.19. The first-order valence-electron chi connectivity index (χ1n) is 8.20. The van der Waals surface area contributed by atoms with Gasteiger partial charge in [-0.1, -0.05) is 54.6 Å². The third kappa shape index (κ3) is 3.13. The van der Waals surface area contributed by atoms with Gasteiger partial charge in [0.05, 0.1) is 5.82 Å². The van der Waals surface area contributed by atoms with Gasteiger partial charge in [-0.25, -0.2) is 0 Å². The molecule has 120 valence electrons. The van der Waals surface area contributed by atoms with Gasteiger partial charge in [-0.2, -0.15) is 0 Å². The Morgan fingerprint density at radius 3 is 1.29 bits per heavy atom. The van der Waals surface area contributed by atoms with E-state index in [2.05, 4.69) is 109 Å². The van der Waals surface area contributed by atoms with E-state index in [-0.39, 0.29) is 0 Å². The van der Waals surface area contributed by atoms with Crippen molar-refractivity contribution in [3.8, 4) is 0 Å². The van der Waals surface area contributed by atoms with E-state index in [1.54, 1.807) is 0 Å². The second-order valence-electron chi connectivity index (χ2n) is 5.79. The molecule has 0 saturated heterocycles. The maximum atomic E-state index is 3.32. The Balaban J connectivity index is 2.37. The quantitative estimate of drug-likeness (QED) is 0.695. The van der Waals surface area contributed by atoms with Crippen molar-refractivity contribution in [2.24, 2.45) is 0 Å². The Hall–Kier alpha value is -2.37. The largest absolute Gasteiger partial charge is 0.389 e. The predicted molar refractivity (Wildman–Crippen MR) is 108 cm³/mol. The van der Waals surface area contributed by atoms with Crippen LogP contribution in [0.2, 0.25) is 0 Å². The molecule has 1 N–H and O–H groups in total. The summed E-state index contributed by atoms with van der Waals surface area (Å²) in [5.41, 5.74) is 1.19. The Labute approximate surface area is 145 Å². The molecule has 0 aliphatic heterocycles. The van der Waals surface area contributed by atoms with Gasteiger partial charge in [0.25, 0.3) is 0 Å². The molecule has 0 atom stereocenters. The van der Waals surface area contributed by atoms with Crippen LogP contribution < -0.4 is 21.2 Å². The summed E-state index contributed by atoms with van der Waals surface area (Å²) in [6, 6.07) is 32.6. The summed E-state index contributed by atoms with van der Waals surface area (Å²) in [5.74, 6) is 2.44. The van der Waals surface area contributed by atoms with Crippen LogP contribution in [-0.2, 0) is 0 Å². The first-order valence-corrected chi connectivity index (χ1v) is 10.1. The molecule has 2 heteroatoms. The summed E-state index contributed by atoms with van der Waals surface area (Å²) in [6.45, 7) is 2.14. The van der Waals surface area contributed by atoms with E-state index in [1.807, 2.05) is 7.05 Å². The molecule has 0 heterocycles. The molecule has 0 aliphatic carbocycles. The van der Waals surface area contributed by atoms with Crippen molar-refractivity contribution in [3.05, 3.63) is 103 Å². The van der Waals surface area contributed by atoms with Crippen LogP contribution in [-0.4, -0.2) is 7.05 Å². The van der Waals surface area contributed by atoms with Crippen LogP contribution >= 0.6 is 7.26 Å². The molecule has 0 saturated carbocycles. The van der Waals surface area contributed by atoms with Crippen LogP contribution in [0.25, 0.3) is 0 Å². The molecule has 0 fully saturated rings. The lowest BCUT2D eigenvalue weighted by atomic mass is 10.4. The topological polar surface area (TPSA) is 12.0 Å². The van der Waals surface area contributed by atoms with Gasteiger partial charge < -0.3 is 5.32 Å². The Kier molecular flexibility index (Phi) is 5.13. The summed E-state index contributed by atoms with van der Waals surface area (Å²) < 4.78 is 0. The molecule has 0 unspecified atom stereocenters. The van der Waals surface area contributed by atoms with Crippen LogP contribution in [0.15, 0.2) is 103 Å². The standard InChI is InChI=1S/C22H23NP/c1-19(23-2)18-24(20-12-6-3-7-13-20,21-14-8-4-9-15-21)22-16-10-5-11-17-22/h3-18,23H,1-2H3/q+1/b19-18+. The highest BCUT2D eigenvalue weighted by Gasteiger charge is 2.43. The summed E-state index contributed by atoms with van der Waals surface area (Å²) in [6.07, 6.45) is 0. The number of hydrogen-bond acceptors (Lipinski definition) is 1. The first-order chi connectivity index (χ1) is 11.8. The summed E-state index contributed by atoms with van der Waals surface area (Å²) in [4.78, 5) is 0. The van der Waals surface area contributed by atoms with Gasteiger partial charge in [0.1, 0.15) is 23.2 Å². The van der Waals surface area contributed by atoms with Crippen LogP contribution in [0.5, 0.6) is 0 Å². The van der Waals surface area contributed by atoms with E-state index in [1.165, 1.54) is 21.6 Å². The summed E-state index contributed by atoms with van der Waals surface area (Å²) in [7, 11) is 0.137. The number of hydrogen-bond donors (Lipinski definition) is 1. The highest BCUT2D eigenvalue weighted by atomic mass is 31.2. The van der Waals surface area contributed by atoms with Gasteiger partial charge in [0, 0.05) is 12.7 Å². The fourth-order valence-electron chi connectivity index (χ4n) is 3.02. The highest BCUT2D eigenvalue weighted by molar-refractivity contribution is 7.98. The number of allylic oxidation sites excluding steroid dienone is 1. The molecule has 0 aromatic heterocycles. The summed E-state index contributed by atoms with van der Waals surface area (Å²) in [5, 5.41) is 7.44. The number of nitrogens with one attached hydrogen (secondary N) is 1. The monoisotopic (exact) mass is 332 g/mol. The van der Waals surface area contributed by atoms with Gasteiger partial charge in [0.15, 0.2) is 0 Å². The maximum absolute atomic E-state index is 3.32. The molecule has 0 amide bonds. The van der Waals surface area contributed by atoms with Crippen LogP contribution in [0, 0.1) is 0 Å². The molecule has 1 nitrogen and oxygen atoms in total. The normalized spacial score (nSPS) is 12.0. The van der Waals surface area contributed by atoms with E-state index >= 15 is 0 Å². The fraction of sp³-hybridized carbons (Fsp3) is 0.0909. The van der Waals surface area contributed by atoms with E-state index in [4.69, 9.17) is 0 Å². The summed E-state index contributed by atoms with van der Waals surface area (Å²) >= 11 is 0. The Morgan fingerprint density at radius 1 is 0.667 bits per heavy atom. The third-order valence-corrected chi connectivity index (χ3v) is 8.38. The zero-order valence-electron chi connectivity index (χ0n) is 14.2. The molecule has 24 heavy (non-hydrogen) atoms. The van der Waals surface area contributed by atoms with Gasteiger partial charge in [-0.15, -0.1) is 0 Å². The van der Waals surface area contributed by atoms with Gasteiger partial charge in [-0.05, 0) is 43.3 Å². The molecule has 3 aromatic rings. The van der Waals surface area contributed by atoms with Crippen LogP contribution in [0.4, 0.5) is 0 Å². The van der Waals surface area contributed by atoms with E-state index in [9.17, 15) is 0 Å². The predicted octanol–water partition coefficient (Wildman–Crippen LogP) is 4.06. The Morgan fingerprint density at radius 2 is 1.00 bits per heavy atom. The maximum Gasteiger partial charge on any atom is 0.138 e. The van der Waals surface area contributed by atoms with E-state index in [0.717, 1.165) is 0 Å².